The molecule has 0 aliphatic heterocycles. The van der Waals surface area contributed by atoms with Crippen molar-refractivity contribution in [3.63, 3.8) is 0 Å². The van der Waals surface area contributed by atoms with E-state index in [1.807, 2.05) is 26.8 Å². The third-order valence-electron chi connectivity index (χ3n) is 3.72. The maximum Gasteiger partial charge on any atom is 0.537 e. The van der Waals surface area contributed by atoms with Gasteiger partial charge in [0.1, 0.15) is 0 Å². The van der Waals surface area contributed by atoms with Crippen LogP contribution in [0.3, 0.4) is 0 Å². The zero-order valence-corrected chi connectivity index (χ0v) is 15.7. The molecule has 0 amide bonds. The van der Waals surface area contributed by atoms with Gasteiger partial charge in [-0.1, -0.05) is 61.2 Å². The summed E-state index contributed by atoms with van der Waals surface area (Å²) in [7, 11) is -2.82. The van der Waals surface area contributed by atoms with Gasteiger partial charge in [-0.15, -0.1) is 0 Å². The lowest BCUT2D eigenvalue weighted by molar-refractivity contribution is 0.0859. The predicted octanol–water partition coefficient (Wildman–Crippen LogP) is 4.25. The highest BCUT2D eigenvalue weighted by atomic mass is 28.4. The molecule has 0 saturated carbocycles. The summed E-state index contributed by atoms with van der Waals surface area (Å²) in [5.41, 5.74) is 3.44. The molecule has 0 aliphatic carbocycles. The third-order valence-corrected chi connectivity index (χ3v) is 6.77. The van der Waals surface area contributed by atoms with Gasteiger partial charge in [-0.2, -0.15) is 0 Å². The van der Waals surface area contributed by atoms with E-state index in [1.54, 1.807) is 0 Å². The smallest absolute Gasteiger partial charge is 0.370 e. The molecule has 0 spiro atoms. The Labute approximate surface area is 146 Å². The quantitative estimate of drug-likeness (QED) is 0.638. The molecule has 128 valence electrons. The molecule has 0 heterocycles. The molecule has 2 aromatic carbocycles. The van der Waals surface area contributed by atoms with Gasteiger partial charge in [-0.25, -0.2) is 0 Å². The van der Waals surface area contributed by atoms with Crippen LogP contribution < -0.4 is 5.19 Å². The fourth-order valence-corrected chi connectivity index (χ4v) is 5.09. The first-order chi connectivity index (χ1) is 11.7. The van der Waals surface area contributed by atoms with Crippen molar-refractivity contribution in [3.05, 3.63) is 60.7 Å². The van der Waals surface area contributed by atoms with Crippen LogP contribution in [0.15, 0.2) is 55.1 Å². The lowest BCUT2D eigenvalue weighted by atomic mass is 10.0. The molecule has 0 fully saturated rings. The van der Waals surface area contributed by atoms with Gasteiger partial charge in [0.2, 0.25) is 0 Å². The van der Waals surface area contributed by atoms with Crippen LogP contribution in [0.2, 0.25) is 0 Å². The first-order valence-electron chi connectivity index (χ1n) is 8.44. The largest absolute Gasteiger partial charge is 0.537 e. The number of rotatable bonds is 9. The van der Waals surface area contributed by atoms with Crippen LogP contribution >= 0.6 is 0 Å². The highest BCUT2D eigenvalue weighted by Crippen LogP contribution is 2.20. The van der Waals surface area contributed by atoms with Crippen LogP contribution in [0.1, 0.15) is 26.3 Å². The highest BCUT2D eigenvalue weighted by Gasteiger charge is 2.43. The van der Waals surface area contributed by atoms with Crippen molar-refractivity contribution in [2.45, 2.75) is 20.8 Å². The molecule has 0 saturated heterocycles. The van der Waals surface area contributed by atoms with Crippen molar-refractivity contribution in [1.29, 1.82) is 0 Å². The minimum Gasteiger partial charge on any atom is -0.370 e. The Morgan fingerprint density at radius 2 is 1.17 bits per heavy atom. The van der Waals surface area contributed by atoms with E-state index in [0.29, 0.717) is 19.8 Å². The molecule has 3 nitrogen and oxygen atoms in total. The molecular weight excluding hydrogens is 316 g/mol. The second-order valence-electron chi connectivity index (χ2n) is 5.26. The summed E-state index contributed by atoms with van der Waals surface area (Å²) >= 11 is 0. The normalized spacial score (nSPS) is 11.5. The molecule has 0 aliphatic rings. The van der Waals surface area contributed by atoms with E-state index in [9.17, 15) is 0 Å². The molecule has 2 aromatic rings. The van der Waals surface area contributed by atoms with E-state index in [1.165, 1.54) is 5.56 Å². The lowest BCUT2D eigenvalue weighted by Gasteiger charge is -2.28. The Balaban J connectivity index is 2.31. The molecule has 24 heavy (non-hydrogen) atoms. The van der Waals surface area contributed by atoms with Crippen LogP contribution in [0.25, 0.3) is 17.2 Å². The maximum absolute atomic E-state index is 5.96. The summed E-state index contributed by atoms with van der Waals surface area (Å²) < 4.78 is 17.9. The monoisotopic (exact) mass is 342 g/mol. The van der Waals surface area contributed by atoms with E-state index in [-0.39, 0.29) is 0 Å². The zero-order valence-electron chi connectivity index (χ0n) is 14.7. The minimum absolute atomic E-state index is 0.566. The molecule has 0 unspecified atom stereocenters. The SMILES string of the molecule is C=Cc1ccc(-c2ccc([Si](OCC)(OCC)OCC)cc2)cc1. The van der Waals surface area contributed by atoms with Crippen LogP contribution in [-0.2, 0) is 13.3 Å². The lowest BCUT2D eigenvalue weighted by Crippen LogP contribution is -2.56. The van der Waals surface area contributed by atoms with Crippen LogP contribution in [0, 0.1) is 0 Å². The van der Waals surface area contributed by atoms with Gasteiger partial charge in [0.15, 0.2) is 0 Å². The Bertz CT molecular complexity index is 618. The summed E-state index contributed by atoms with van der Waals surface area (Å²) in [5, 5.41) is 1.000. The third kappa shape index (κ3) is 4.22. The fourth-order valence-electron chi connectivity index (χ4n) is 2.62. The predicted molar refractivity (Wildman–Crippen MR) is 102 cm³/mol. The van der Waals surface area contributed by atoms with Crippen molar-refractivity contribution >= 4 is 20.1 Å². The molecule has 4 heteroatoms. The number of benzene rings is 2. The Morgan fingerprint density at radius 3 is 1.54 bits per heavy atom. The van der Waals surface area contributed by atoms with Gasteiger partial charge < -0.3 is 13.3 Å². The molecule has 0 aromatic heterocycles. The average molecular weight is 343 g/mol. The number of hydrogen-bond acceptors (Lipinski definition) is 3. The summed E-state index contributed by atoms with van der Waals surface area (Å²) in [6, 6.07) is 16.6. The Hall–Kier alpha value is -1.72. The van der Waals surface area contributed by atoms with Gasteiger partial charge in [0.25, 0.3) is 0 Å². The molecule has 2 rings (SSSR count). The molecular formula is C20H26O3Si. The Kier molecular flexibility index (Phi) is 6.94. The van der Waals surface area contributed by atoms with Crippen LogP contribution in [0.4, 0.5) is 0 Å². The highest BCUT2D eigenvalue weighted by molar-refractivity contribution is 6.75. The summed E-state index contributed by atoms with van der Waals surface area (Å²) in [6.45, 7) is 11.4. The zero-order chi connectivity index (χ0) is 17.4. The maximum atomic E-state index is 5.96. The van der Waals surface area contributed by atoms with Crippen LogP contribution in [-0.4, -0.2) is 28.6 Å². The summed E-state index contributed by atoms with van der Waals surface area (Å²) in [5.74, 6) is 0. The van der Waals surface area contributed by atoms with Gasteiger partial charge in [0.05, 0.1) is 0 Å². The van der Waals surface area contributed by atoms with E-state index in [4.69, 9.17) is 13.3 Å². The average Bonchev–Trinajstić information content (AvgIpc) is 2.62. The van der Waals surface area contributed by atoms with Gasteiger partial charge in [0, 0.05) is 25.0 Å². The minimum atomic E-state index is -2.82. The summed E-state index contributed by atoms with van der Waals surface area (Å²) in [6.07, 6.45) is 1.85. The molecule has 0 N–H and O–H groups in total. The molecule has 0 bridgehead atoms. The topological polar surface area (TPSA) is 27.7 Å². The van der Waals surface area contributed by atoms with Crippen molar-refractivity contribution in [3.8, 4) is 11.1 Å². The van der Waals surface area contributed by atoms with E-state index >= 15 is 0 Å². The standard InChI is InChI=1S/C20H26O3Si/c1-5-17-9-11-18(12-10-17)19-13-15-20(16-14-19)24(21-6-2,22-7-3)23-8-4/h5,9-16H,1,6-8H2,2-4H3. The summed E-state index contributed by atoms with van der Waals surface area (Å²) in [4.78, 5) is 0. The van der Waals surface area contributed by atoms with Gasteiger partial charge in [-0.3, -0.25) is 0 Å². The number of hydrogen-bond donors (Lipinski definition) is 0. The van der Waals surface area contributed by atoms with E-state index < -0.39 is 8.80 Å². The second-order valence-corrected chi connectivity index (χ2v) is 7.81. The van der Waals surface area contributed by atoms with Gasteiger partial charge >= 0.3 is 8.80 Å². The van der Waals surface area contributed by atoms with Crippen molar-refractivity contribution in [2.24, 2.45) is 0 Å². The van der Waals surface area contributed by atoms with Crippen LogP contribution in [0.5, 0.6) is 0 Å². The van der Waals surface area contributed by atoms with Crippen molar-refractivity contribution < 1.29 is 13.3 Å². The first kappa shape index (κ1) is 18.6. The molecule has 0 atom stereocenters. The Morgan fingerprint density at radius 1 is 0.750 bits per heavy atom. The van der Waals surface area contributed by atoms with Crippen molar-refractivity contribution in [1.82, 2.24) is 0 Å². The molecule has 0 radical (unpaired) electrons. The second kappa shape index (κ2) is 8.94. The van der Waals surface area contributed by atoms with E-state index in [2.05, 4.69) is 55.1 Å². The van der Waals surface area contributed by atoms with E-state index in [0.717, 1.165) is 16.3 Å². The first-order valence-corrected chi connectivity index (χ1v) is 10.2. The fraction of sp³-hybridized carbons (Fsp3) is 0.300. The van der Waals surface area contributed by atoms with Crippen molar-refractivity contribution in [2.75, 3.05) is 19.8 Å². The van der Waals surface area contributed by atoms with Gasteiger partial charge in [-0.05, 0) is 37.5 Å².